The van der Waals surface area contributed by atoms with Crippen LogP contribution in [0.25, 0.3) is 0 Å². The standard InChI is InChI=1S/C72H140O17P2/c1-9-64(7)50-42-34-26-19-22-29-37-45-53-70(75)83-58-67(88-71(76)54-46-38-30-17-15-13-11-12-14-16-24-32-40-48-62(3)4)60-86-90(78,79)84-56-66(73)57-85-91(80,81)87-61-68(59-82-69(74)52-44-36-28-21-18-25-33-41-49-63(5)6)89-72(77)55-47-39-31-23-20-27-35-43-51-65(8)10-2/h62-68,73H,9-61H2,1-8H3,(H,78,79)(H,80,81)/t64?,65?,66?,67-,68-/m1/s1. The molecule has 0 aromatic carbocycles. The summed E-state index contributed by atoms with van der Waals surface area (Å²) in [5.74, 6) is 0.932. The predicted octanol–water partition coefficient (Wildman–Crippen LogP) is 20.5. The summed E-state index contributed by atoms with van der Waals surface area (Å²) in [6.07, 6.45) is 44.3. The fourth-order valence-electron chi connectivity index (χ4n) is 10.8. The van der Waals surface area contributed by atoms with Gasteiger partial charge in [0.1, 0.15) is 19.3 Å². The van der Waals surface area contributed by atoms with Crippen LogP contribution in [-0.4, -0.2) is 96.7 Å². The Balaban J connectivity index is 5.27. The highest BCUT2D eigenvalue weighted by atomic mass is 31.2. The summed E-state index contributed by atoms with van der Waals surface area (Å²) >= 11 is 0. The lowest BCUT2D eigenvalue weighted by atomic mass is 9.99. The molecule has 0 saturated carbocycles. The van der Waals surface area contributed by atoms with Crippen LogP contribution in [0.15, 0.2) is 0 Å². The number of esters is 4. The lowest BCUT2D eigenvalue weighted by Crippen LogP contribution is -2.30. The number of aliphatic hydroxyl groups excluding tert-OH is 1. The van der Waals surface area contributed by atoms with E-state index < -0.39 is 97.5 Å². The number of ether oxygens (including phenoxy) is 4. The number of unbranched alkanes of at least 4 members (excludes halogenated alkanes) is 33. The smallest absolute Gasteiger partial charge is 0.462 e. The van der Waals surface area contributed by atoms with Crippen LogP contribution < -0.4 is 0 Å². The van der Waals surface area contributed by atoms with Crippen molar-refractivity contribution < 1.29 is 80.2 Å². The molecule has 3 N–H and O–H groups in total. The maximum atomic E-state index is 13.0. The summed E-state index contributed by atoms with van der Waals surface area (Å²) in [5, 5.41) is 10.6. The quantitative estimate of drug-likeness (QED) is 0.0222. The lowest BCUT2D eigenvalue weighted by molar-refractivity contribution is -0.161. The Morgan fingerprint density at radius 1 is 0.308 bits per heavy atom. The van der Waals surface area contributed by atoms with Crippen LogP contribution in [0.5, 0.6) is 0 Å². The molecule has 0 heterocycles. The molecule has 5 unspecified atom stereocenters. The molecule has 540 valence electrons. The first-order valence-corrected chi connectivity index (χ1v) is 40.3. The number of hydrogen-bond acceptors (Lipinski definition) is 15. The average molecular weight is 1340 g/mol. The Morgan fingerprint density at radius 2 is 0.527 bits per heavy atom. The SMILES string of the molecule is CCC(C)CCCCCCCCCCC(=O)OC[C@H](COP(=O)(O)OCC(O)COP(=O)(O)OC[C@@H](COC(=O)CCCCCCCCCCC(C)C)OC(=O)CCCCCCCCCCC(C)CC)OC(=O)CCCCCCCCCCCCCCCC(C)C. The van der Waals surface area contributed by atoms with Crippen molar-refractivity contribution in [1.29, 1.82) is 0 Å². The molecule has 19 heteroatoms. The number of hydrogen-bond donors (Lipinski definition) is 3. The first-order chi connectivity index (χ1) is 43.7. The Morgan fingerprint density at radius 3 is 0.780 bits per heavy atom. The van der Waals surface area contributed by atoms with Crippen molar-refractivity contribution in [3.8, 4) is 0 Å². The first kappa shape index (κ1) is 89.1. The highest BCUT2D eigenvalue weighted by Gasteiger charge is 2.30. The Bertz CT molecular complexity index is 1800. The molecular weight excluding hydrogens is 1200 g/mol. The van der Waals surface area contributed by atoms with Gasteiger partial charge in [-0.1, -0.05) is 306 Å². The maximum absolute atomic E-state index is 13.0. The van der Waals surface area contributed by atoms with E-state index in [9.17, 15) is 43.2 Å². The van der Waals surface area contributed by atoms with Crippen molar-refractivity contribution in [3.05, 3.63) is 0 Å². The zero-order valence-electron chi connectivity index (χ0n) is 59.5. The highest BCUT2D eigenvalue weighted by molar-refractivity contribution is 7.47. The topological polar surface area (TPSA) is 237 Å². The Labute approximate surface area is 556 Å². The predicted molar refractivity (Wildman–Crippen MR) is 367 cm³/mol. The fraction of sp³-hybridized carbons (Fsp3) is 0.944. The van der Waals surface area contributed by atoms with Crippen LogP contribution in [0.4, 0.5) is 0 Å². The van der Waals surface area contributed by atoms with Crippen molar-refractivity contribution in [2.75, 3.05) is 39.6 Å². The normalized spacial score (nSPS) is 14.8. The van der Waals surface area contributed by atoms with Crippen LogP contribution in [0.2, 0.25) is 0 Å². The summed E-state index contributed by atoms with van der Waals surface area (Å²) in [6.45, 7) is 14.1. The molecule has 0 amide bonds. The van der Waals surface area contributed by atoms with E-state index in [0.29, 0.717) is 25.7 Å². The molecule has 91 heavy (non-hydrogen) atoms. The number of phosphoric ester groups is 2. The van der Waals surface area contributed by atoms with Crippen LogP contribution >= 0.6 is 15.6 Å². The van der Waals surface area contributed by atoms with Gasteiger partial charge in [-0.25, -0.2) is 9.13 Å². The van der Waals surface area contributed by atoms with E-state index in [1.807, 2.05) is 0 Å². The van der Waals surface area contributed by atoms with Crippen LogP contribution in [0.3, 0.4) is 0 Å². The van der Waals surface area contributed by atoms with Gasteiger partial charge in [0.05, 0.1) is 26.4 Å². The lowest BCUT2D eigenvalue weighted by Gasteiger charge is -2.21. The summed E-state index contributed by atoms with van der Waals surface area (Å²) in [7, 11) is -9.91. The molecule has 0 aliphatic carbocycles. The third-order valence-electron chi connectivity index (χ3n) is 17.3. The number of aliphatic hydroxyl groups is 1. The van der Waals surface area contributed by atoms with Gasteiger partial charge in [0, 0.05) is 25.7 Å². The van der Waals surface area contributed by atoms with Crippen LogP contribution in [-0.2, 0) is 65.4 Å². The number of rotatable bonds is 69. The van der Waals surface area contributed by atoms with Gasteiger partial charge in [-0.3, -0.25) is 37.3 Å². The minimum absolute atomic E-state index is 0.104. The molecule has 0 fully saturated rings. The van der Waals surface area contributed by atoms with E-state index in [0.717, 1.165) is 114 Å². The van der Waals surface area contributed by atoms with Crippen LogP contribution in [0, 0.1) is 23.7 Å². The third kappa shape index (κ3) is 63.9. The Hall–Kier alpha value is -1.94. The van der Waals surface area contributed by atoms with Gasteiger partial charge < -0.3 is 33.8 Å². The maximum Gasteiger partial charge on any atom is 0.472 e. The fourth-order valence-corrected chi connectivity index (χ4v) is 12.4. The zero-order chi connectivity index (χ0) is 67.5. The van der Waals surface area contributed by atoms with Crippen molar-refractivity contribution >= 4 is 39.5 Å². The largest absolute Gasteiger partial charge is 0.472 e. The number of carbonyl (C=O) groups is 4. The third-order valence-corrected chi connectivity index (χ3v) is 19.2. The molecule has 7 atom stereocenters. The summed E-state index contributed by atoms with van der Waals surface area (Å²) in [6, 6.07) is 0. The molecule has 0 saturated heterocycles. The van der Waals surface area contributed by atoms with E-state index in [-0.39, 0.29) is 25.7 Å². The van der Waals surface area contributed by atoms with E-state index in [4.69, 9.17) is 37.0 Å². The van der Waals surface area contributed by atoms with E-state index in [1.165, 1.54) is 161 Å². The first-order valence-electron chi connectivity index (χ1n) is 37.3. The van der Waals surface area contributed by atoms with Crippen molar-refractivity contribution in [2.24, 2.45) is 23.7 Å². The molecule has 0 aromatic heterocycles. The number of carbonyl (C=O) groups excluding carboxylic acids is 4. The molecule has 0 aliphatic rings. The van der Waals surface area contributed by atoms with Crippen molar-refractivity contribution in [1.82, 2.24) is 0 Å². The van der Waals surface area contributed by atoms with Gasteiger partial charge >= 0.3 is 39.5 Å². The van der Waals surface area contributed by atoms with E-state index >= 15 is 0 Å². The molecule has 0 bridgehead atoms. The molecule has 0 radical (unpaired) electrons. The molecular formula is C72H140O17P2. The minimum Gasteiger partial charge on any atom is -0.462 e. The number of phosphoric acid groups is 2. The Kier molecular flexibility index (Phi) is 60.3. The summed E-state index contributed by atoms with van der Waals surface area (Å²) in [4.78, 5) is 72.6. The van der Waals surface area contributed by atoms with Crippen molar-refractivity contribution in [3.63, 3.8) is 0 Å². The highest BCUT2D eigenvalue weighted by Crippen LogP contribution is 2.45. The van der Waals surface area contributed by atoms with Crippen LogP contribution in [0.1, 0.15) is 357 Å². The van der Waals surface area contributed by atoms with Crippen molar-refractivity contribution in [2.45, 2.75) is 375 Å². The molecule has 0 aromatic rings. The van der Waals surface area contributed by atoms with E-state index in [2.05, 4.69) is 55.4 Å². The van der Waals surface area contributed by atoms with Gasteiger partial charge in [0.15, 0.2) is 12.2 Å². The van der Waals surface area contributed by atoms with Gasteiger partial charge in [-0.2, -0.15) is 0 Å². The second-order valence-electron chi connectivity index (χ2n) is 27.4. The van der Waals surface area contributed by atoms with Gasteiger partial charge in [-0.15, -0.1) is 0 Å². The molecule has 0 rings (SSSR count). The molecule has 0 spiro atoms. The monoisotopic (exact) mass is 1340 g/mol. The summed E-state index contributed by atoms with van der Waals surface area (Å²) in [5.41, 5.74) is 0. The van der Waals surface area contributed by atoms with E-state index in [1.54, 1.807) is 0 Å². The second-order valence-corrected chi connectivity index (χ2v) is 30.3. The second kappa shape index (κ2) is 61.6. The molecule has 17 nitrogen and oxygen atoms in total. The molecule has 0 aliphatic heterocycles. The van der Waals surface area contributed by atoms with Gasteiger partial charge in [0.25, 0.3) is 0 Å². The summed E-state index contributed by atoms with van der Waals surface area (Å²) < 4.78 is 68.4. The minimum atomic E-state index is -4.95. The zero-order valence-corrected chi connectivity index (χ0v) is 61.3. The van der Waals surface area contributed by atoms with Gasteiger partial charge in [-0.05, 0) is 49.4 Å². The van der Waals surface area contributed by atoms with Gasteiger partial charge in [0.2, 0.25) is 0 Å². The average Bonchev–Trinajstić information content (AvgIpc) is 3.58.